The molecule has 22 heavy (non-hydrogen) atoms. The molecule has 0 fully saturated rings. The van der Waals surface area contributed by atoms with Gasteiger partial charge in [0.05, 0.1) is 18.1 Å². The van der Waals surface area contributed by atoms with E-state index < -0.39 is 6.04 Å². The average molecular weight is 300 g/mol. The van der Waals surface area contributed by atoms with E-state index in [-0.39, 0.29) is 16.5 Å². The van der Waals surface area contributed by atoms with E-state index in [1.54, 1.807) is 19.2 Å². The van der Waals surface area contributed by atoms with Crippen LogP contribution in [0.25, 0.3) is 0 Å². The molecule has 0 heterocycles. The molecule has 0 amide bonds. The fraction of sp³-hybridized carbons (Fsp3) is 0.294. The highest BCUT2D eigenvalue weighted by Gasteiger charge is 2.19. The first-order chi connectivity index (χ1) is 10.4. The molecule has 0 aliphatic carbocycles. The van der Waals surface area contributed by atoms with Crippen LogP contribution in [0.3, 0.4) is 0 Å². The molecule has 0 saturated heterocycles. The van der Waals surface area contributed by atoms with E-state index in [0.29, 0.717) is 0 Å². The smallest absolute Gasteiger partial charge is 0.273 e. The fourth-order valence-electron chi connectivity index (χ4n) is 2.40. The predicted octanol–water partition coefficient (Wildman–Crippen LogP) is 3.77. The molecule has 116 valence electrons. The summed E-state index contributed by atoms with van der Waals surface area (Å²) < 4.78 is 5.12. The van der Waals surface area contributed by atoms with Gasteiger partial charge in [0.15, 0.2) is 0 Å². The van der Waals surface area contributed by atoms with Gasteiger partial charge in [-0.25, -0.2) is 0 Å². The van der Waals surface area contributed by atoms with Crippen molar-refractivity contribution in [1.29, 1.82) is 0 Å². The van der Waals surface area contributed by atoms with Crippen molar-refractivity contribution in [2.24, 2.45) is 5.73 Å². The summed E-state index contributed by atoms with van der Waals surface area (Å²) in [5.74, 6) is 0.837. The molecule has 2 rings (SSSR count). The number of ether oxygens (including phenoxy) is 1. The van der Waals surface area contributed by atoms with Gasteiger partial charge in [-0.3, -0.25) is 10.1 Å². The van der Waals surface area contributed by atoms with Crippen LogP contribution >= 0.6 is 0 Å². The van der Waals surface area contributed by atoms with Crippen molar-refractivity contribution in [1.82, 2.24) is 0 Å². The van der Waals surface area contributed by atoms with Gasteiger partial charge >= 0.3 is 0 Å². The first-order valence-corrected chi connectivity index (χ1v) is 7.11. The van der Waals surface area contributed by atoms with Gasteiger partial charge in [0, 0.05) is 11.6 Å². The van der Waals surface area contributed by atoms with Crippen molar-refractivity contribution in [3.63, 3.8) is 0 Å². The van der Waals surface area contributed by atoms with Crippen LogP contribution in [0.5, 0.6) is 5.75 Å². The van der Waals surface area contributed by atoms with E-state index in [2.05, 4.69) is 0 Å². The highest BCUT2D eigenvalue weighted by atomic mass is 16.6. The molecule has 0 bridgehead atoms. The Bertz CT molecular complexity index is 666. The van der Waals surface area contributed by atoms with Crippen LogP contribution in [-0.4, -0.2) is 12.0 Å². The molecule has 0 aliphatic heterocycles. The quantitative estimate of drug-likeness (QED) is 0.673. The molecule has 2 N–H and O–H groups in total. The summed E-state index contributed by atoms with van der Waals surface area (Å²) in [7, 11) is 1.60. The standard InChI is InChI=1S/C17H20N2O3/c1-11(2)15-9-6-13(10-16(15)19(20)21)17(18)12-4-7-14(22-3)8-5-12/h4-11,17H,18H2,1-3H3. The molecule has 1 unspecified atom stereocenters. The topological polar surface area (TPSA) is 78.4 Å². The number of hydrogen-bond acceptors (Lipinski definition) is 4. The van der Waals surface area contributed by atoms with E-state index in [1.165, 1.54) is 0 Å². The van der Waals surface area contributed by atoms with Crippen molar-refractivity contribution in [3.8, 4) is 5.75 Å². The maximum absolute atomic E-state index is 11.3. The van der Waals surface area contributed by atoms with E-state index in [4.69, 9.17) is 10.5 Å². The summed E-state index contributed by atoms with van der Waals surface area (Å²) in [6, 6.07) is 12.2. The van der Waals surface area contributed by atoms with E-state index >= 15 is 0 Å². The Morgan fingerprint density at radius 1 is 1.09 bits per heavy atom. The van der Waals surface area contributed by atoms with Gasteiger partial charge < -0.3 is 10.5 Å². The van der Waals surface area contributed by atoms with Gasteiger partial charge in [-0.2, -0.15) is 0 Å². The maximum Gasteiger partial charge on any atom is 0.273 e. The molecule has 5 nitrogen and oxygen atoms in total. The predicted molar refractivity (Wildman–Crippen MR) is 86.2 cm³/mol. The maximum atomic E-state index is 11.3. The van der Waals surface area contributed by atoms with Crippen LogP contribution < -0.4 is 10.5 Å². The van der Waals surface area contributed by atoms with Crippen molar-refractivity contribution in [3.05, 3.63) is 69.3 Å². The third-order valence-corrected chi connectivity index (χ3v) is 3.71. The van der Waals surface area contributed by atoms with Crippen LogP contribution in [0.2, 0.25) is 0 Å². The second-order valence-electron chi connectivity index (χ2n) is 5.48. The molecule has 0 radical (unpaired) electrons. The van der Waals surface area contributed by atoms with E-state index in [0.717, 1.165) is 22.4 Å². The van der Waals surface area contributed by atoms with Gasteiger partial charge in [0.2, 0.25) is 0 Å². The van der Waals surface area contributed by atoms with E-state index in [9.17, 15) is 10.1 Å². The molecule has 0 aliphatic rings. The van der Waals surface area contributed by atoms with Gasteiger partial charge in [-0.15, -0.1) is 0 Å². The SMILES string of the molecule is COc1ccc(C(N)c2ccc(C(C)C)c([N+](=O)[O-])c2)cc1. The zero-order valence-electron chi connectivity index (χ0n) is 12.9. The second kappa shape index (κ2) is 6.58. The summed E-state index contributed by atoms with van der Waals surface area (Å²) in [4.78, 5) is 10.9. The van der Waals surface area contributed by atoms with Gasteiger partial charge in [0.25, 0.3) is 5.69 Å². The normalized spacial score (nSPS) is 12.2. The lowest BCUT2D eigenvalue weighted by atomic mass is 9.94. The Morgan fingerprint density at radius 3 is 2.18 bits per heavy atom. The molecule has 2 aromatic carbocycles. The summed E-state index contributed by atoms with van der Waals surface area (Å²) in [6.45, 7) is 3.87. The molecule has 5 heteroatoms. The highest BCUT2D eigenvalue weighted by Crippen LogP contribution is 2.31. The van der Waals surface area contributed by atoms with E-state index in [1.807, 2.05) is 44.2 Å². The zero-order valence-corrected chi connectivity index (χ0v) is 12.9. The Labute approximate surface area is 129 Å². The number of nitro benzene ring substituents is 1. The molecule has 0 aromatic heterocycles. The lowest BCUT2D eigenvalue weighted by Crippen LogP contribution is -2.12. The fourth-order valence-corrected chi connectivity index (χ4v) is 2.40. The minimum absolute atomic E-state index is 0.0895. The van der Waals surface area contributed by atoms with Crippen molar-refractivity contribution in [2.45, 2.75) is 25.8 Å². The number of nitrogens with two attached hydrogens (primary N) is 1. The molecule has 1 atom stereocenters. The number of methoxy groups -OCH3 is 1. The number of rotatable bonds is 5. The van der Waals surface area contributed by atoms with Gasteiger partial charge in [-0.05, 0) is 29.2 Å². The Morgan fingerprint density at radius 2 is 1.68 bits per heavy atom. The molecular weight excluding hydrogens is 280 g/mol. The summed E-state index contributed by atoms with van der Waals surface area (Å²) in [5, 5.41) is 11.3. The third kappa shape index (κ3) is 3.26. The van der Waals surface area contributed by atoms with Crippen LogP contribution in [0, 0.1) is 10.1 Å². The summed E-state index contributed by atoms with van der Waals surface area (Å²) >= 11 is 0. The van der Waals surface area contributed by atoms with Gasteiger partial charge in [-0.1, -0.05) is 38.1 Å². The van der Waals surface area contributed by atoms with Crippen molar-refractivity contribution >= 4 is 5.69 Å². The Kier molecular flexibility index (Phi) is 4.78. The van der Waals surface area contributed by atoms with Crippen LogP contribution in [0.1, 0.15) is 42.5 Å². The summed E-state index contributed by atoms with van der Waals surface area (Å²) in [6.07, 6.45) is 0. The number of nitro groups is 1. The first-order valence-electron chi connectivity index (χ1n) is 7.11. The van der Waals surface area contributed by atoms with Crippen LogP contribution in [0.4, 0.5) is 5.69 Å². The zero-order chi connectivity index (χ0) is 16.3. The third-order valence-electron chi connectivity index (χ3n) is 3.71. The molecule has 2 aromatic rings. The molecular formula is C17H20N2O3. The lowest BCUT2D eigenvalue weighted by molar-refractivity contribution is -0.385. The molecule has 0 saturated carbocycles. The monoisotopic (exact) mass is 300 g/mol. The minimum Gasteiger partial charge on any atom is -0.497 e. The first kappa shape index (κ1) is 16.0. The summed E-state index contributed by atoms with van der Waals surface area (Å²) in [5.41, 5.74) is 8.68. The highest BCUT2D eigenvalue weighted by molar-refractivity contribution is 5.47. The molecule has 0 spiro atoms. The number of benzene rings is 2. The van der Waals surface area contributed by atoms with Crippen LogP contribution in [0.15, 0.2) is 42.5 Å². The minimum atomic E-state index is -0.411. The lowest BCUT2D eigenvalue weighted by Gasteiger charge is -2.15. The van der Waals surface area contributed by atoms with Crippen LogP contribution in [-0.2, 0) is 0 Å². The number of nitrogens with zero attached hydrogens (tertiary/aromatic N) is 1. The Hall–Kier alpha value is -2.40. The van der Waals surface area contributed by atoms with Gasteiger partial charge in [0.1, 0.15) is 5.75 Å². The second-order valence-corrected chi connectivity index (χ2v) is 5.48. The Balaban J connectivity index is 2.38. The average Bonchev–Trinajstić information content (AvgIpc) is 2.53. The largest absolute Gasteiger partial charge is 0.497 e. The van der Waals surface area contributed by atoms with Crippen molar-refractivity contribution in [2.75, 3.05) is 7.11 Å². The number of hydrogen-bond donors (Lipinski definition) is 1. The van der Waals surface area contributed by atoms with Crippen molar-refractivity contribution < 1.29 is 9.66 Å².